The van der Waals surface area contributed by atoms with Gasteiger partial charge in [0.2, 0.25) is 0 Å². The Bertz CT molecular complexity index is 1300. The summed E-state index contributed by atoms with van der Waals surface area (Å²) in [7, 11) is -3.92. The van der Waals surface area contributed by atoms with Gasteiger partial charge >= 0.3 is 0 Å². The van der Waals surface area contributed by atoms with Gasteiger partial charge in [-0.05, 0) is 92.3 Å². The highest BCUT2D eigenvalue weighted by atomic mass is 35.5. The number of halogens is 1. The van der Waals surface area contributed by atoms with Gasteiger partial charge in [-0.1, -0.05) is 49.4 Å². The second-order valence-electron chi connectivity index (χ2n) is 8.67. The van der Waals surface area contributed by atoms with Gasteiger partial charge in [0.05, 0.1) is 4.90 Å². The second kappa shape index (κ2) is 12.0. The molecule has 0 radical (unpaired) electrons. The number of hydrogen-bond acceptors (Lipinski definition) is 4. The molecule has 7 heteroatoms. The molecule has 186 valence electrons. The van der Waals surface area contributed by atoms with Gasteiger partial charge in [-0.3, -0.25) is 4.79 Å². The van der Waals surface area contributed by atoms with Crippen LogP contribution in [-0.2, 0) is 14.8 Å². The highest BCUT2D eigenvalue weighted by molar-refractivity contribution is 7.90. The topological polar surface area (TPSA) is 75.3 Å². The SMILES string of the molecule is CC/C(=C\c1cc(C)c(-c2ccc(NC(C)C)cc2)cc1C)C(=O)NS(=O)(=O)c1ccccc1.Cl. The summed E-state index contributed by atoms with van der Waals surface area (Å²) in [4.78, 5) is 12.9. The van der Waals surface area contributed by atoms with Crippen molar-refractivity contribution in [1.82, 2.24) is 4.72 Å². The Hall–Kier alpha value is -3.09. The quantitative estimate of drug-likeness (QED) is 0.337. The summed E-state index contributed by atoms with van der Waals surface area (Å²) in [5.74, 6) is -0.610. The summed E-state index contributed by atoms with van der Waals surface area (Å²) in [5.41, 5.74) is 6.70. The average Bonchev–Trinajstić information content (AvgIpc) is 2.79. The van der Waals surface area contributed by atoms with Crippen LogP contribution in [0.1, 0.15) is 43.9 Å². The molecule has 3 aromatic rings. The molecule has 1 amide bonds. The lowest BCUT2D eigenvalue weighted by molar-refractivity contribution is -0.115. The molecule has 0 spiro atoms. The standard InChI is InChI=1S/C28H32N2O3S.ClH/c1-6-22(28(31)30-34(32,33)26-10-8-7-9-11-26)18-24-16-21(5)27(17-20(24)4)23-12-14-25(15-13-23)29-19(2)3;/h7-19,29H,6H2,1-5H3,(H,30,31);1H/b22-18+;. The molecule has 0 bridgehead atoms. The maximum absolute atomic E-state index is 12.8. The fourth-order valence-corrected chi connectivity index (χ4v) is 4.75. The molecule has 3 aromatic carbocycles. The third-order valence-electron chi connectivity index (χ3n) is 5.55. The Morgan fingerprint density at radius 1 is 0.943 bits per heavy atom. The van der Waals surface area contributed by atoms with E-state index in [1.54, 1.807) is 24.3 Å². The first-order valence-corrected chi connectivity index (χ1v) is 12.9. The molecular formula is C28H33ClN2O3S. The van der Waals surface area contributed by atoms with Crippen molar-refractivity contribution in [2.75, 3.05) is 5.32 Å². The van der Waals surface area contributed by atoms with E-state index in [4.69, 9.17) is 0 Å². The van der Waals surface area contributed by atoms with Crippen LogP contribution in [0, 0.1) is 13.8 Å². The van der Waals surface area contributed by atoms with E-state index in [1.807, 2.05) is 26.8 Å². The zero-order valence-corrected chi connectivity index (χ0v) is 22.4. The van der Waals surface area contributed by atoms with Gasteiger partial charge in [0.15, 0.2) is 0 Å². The van der Waals surface area contributed by atoms with E-state index >= 15 is 0 Å². The van der Waals surface area contributed by atoms with Crippen LogP contribution in [0.15, 0.2) is 77.2 Å². The minimum Gasteiger partial charge on any atom is -0.383 e. The number of amides is 1. The fraction of sp³-hybridized carbons (Fsp3) is 0.250. The Morgan fingerprint density at radius 2 is 1.57 bits per heavy atom. The van der Waals surface area contributed by atoms with E-state index in [1.165, 1.54) is 12.1 Å². The van der Waals surface area contributed by atoms with Crippen molar-refractivity contribution < 1.29 is 13.2 Å². The van der Waals surface area contributed by atoms with Crippen LogP contribution in [0.2, 0.25) is 0 Å². The summed E-state index contributed by atoms with van der Waals surface area (Å²) in [5, 5.41) is 3.40. The summed E-state index contributed by atoms with van der Waals surface area (Å²) in [6, 6.07) is 20.8. The van der Waals surface area contributed by atoms with E-state index in [0.717, 1.165) is 33.5 Å². The monoisotopic (exact) mass is 512 g/mol. The third-order valence-corrected chi connectivity index (χ3v) is 6.89. The Balaban J connectivity index is 0.00000432. The molecule has 0 aliphatic rings. The number of sulfonamides is 1. The number of rotatable bonds is 8. The summed E-state index contributed by atoms with van der Waals surface area (Å²) >= 11 is 0. The van der Waals surface area contributed by atoms with Crippen molar-refractivity contribution in [3.63, 3.8) is 0 Å². The summed E-state index contributed by atoms with van der Waals surface area (Å²) < 4.78 is 27.3. The Kier molecular flexibility index (Phi) is 9.69. The van der Waals surface area contributed by atoms with Gasteiger partial charge in [-0.2, -0.15) is 0 Å². The first-order chi connectivity index (χ1) is 16.1. The lowest BCUT2D eigenvalue weighted by atomic mass is 9.93. The maximum atomic E-state index is 12.8. The van der Waals surface area contributed by atoms with Crippen molar-refractivity contribution >= 4 is 40.1 Å². The average molecular weight is 513 g/mol. The molecule has 0 saturated carbocycles. The minimum absolute atomic E-state index is 0. The minimum atomic E-state index is -3.92. The molecule has 0 unspecified atom stereocenters. The van der Waals surface area contributed by atoms with Crippen LogP contribution in [0.25, 0.3) is 17.2 Å². The van der Waals surface area contributed by atoms with Crippen molar-refractivity contribution in [3.8, 4) is 11.1 Å². The molecule has 0 heterocycles. The number of aryl methyl sites for hydroxylation is 2. The second-order valence-corrected chi connectivity index (χ2v) is 10.4. The number of benzene rings is 3. The van der Waals surface area contributed by atoms with Crippen molar-refractivity contribution in [1.29, 1.82) is 0 Å². The van der Waals surface area contributed by atoms with Gasteiger partial charge in [0.1, 0.15) is 0 Å². The van der Waals surface area contributed by atoms with E-state index in [2.05, 4.69) is 54.2 Å². The van der Waals surface area contributed by atoms with Crippen molar-refractivity contribution in [3.05, 3.63) is 89.0 Å². The zero-order chi connectivity index (χ0) is 24.9. The molecule has 5 nitrogen and oxygen atoms in total. The molecule has 0 saturated heterocycles. The first-order valence-electron chi connectivity index (χ1n) is 11.4. The molecule has 2 N–H and O–H groups in total. The van der Waals surface area contributed by atoms with Crippen LogP contribution >= 0.6 is 12.4 Å². The molecule has 0 atom stereocenters. The summed E-state index contributed by atoms with van der Waals surface area (Å²) in [6.45, 7) is 10.1. The number of carbonyl (C=O) groups excluding carboxylic acids is 1. The molecule has 0 aromatic heterocycles. The molecule has 35 heavy (non-hydrogen) atoms. The predicted octanol–water partition coefficient (Wildman–Crippen LogP) is 6.51. The van der Waals surface area contributed by atoms with Crippen LogP contribution in [0.4, 0.5) is 5.69 Å². The lowest BCUT2D eigenvalue weighted by Crippen LogP contribution is -2.31. The van der Waals surface area contributed by atoms with Crippen molar-refractivity contribution in [2.24, 2.45) is 0 Å². The molecule has 0 fully saturated rings. The van der Waals surface area contributed by atoms with Gasteiger partial charge < -0.3 is 5.32 Å². The van der Waals surface area contributed by atoms with E-state index in [9.17, 15) is 13.2 Å². The molecule has 0 aliphatic heterocycles. The van der Waals surface area contributed by atoms with Gasteiger partial charge in [-0.25, -0.2) is 13.1 Å². The Morgan fingerprint density at radius 3 is 2.14 bits per heavy atom. The van der Waals surface area contributed by atoms with E-state index < -0.39 is 15.9 Å². The number of hydrogen-bond donors (Lipinski definition) is 2. The molecule has 0 aliphatic carbocycles. The predicted molar refractivity (Wildman–Crippen MR) is 147 cm³/mol. The number of anilines is 1. The van der Waals surface area contributed by atoms with E-state index in [-0.39, 0.29) is 17.3 Å². The van der Waals surface area contributed by atoms with Crippen LogP contribution < -0.4 is 10.0 Å². The maximum Gasteiger partial charge on any atom is 0.264 e. The summed E-state index contributed by atoms with van der Waals surface area (Å²) in [6.07, 6.45) is 2.18. The Labute approximate surface area is 215 Å². The number of nitrogens with one attached hydrogen (secondary N) is 2. The highest BCUT2D eigenvalue weighted by Crippen LogP contribution is 2.29. The first kappa shape index (κ1) is 28.1. The van der Waals surface area contributed by atoms with Crippen LogP contribution in [0.3, 0.4) is 0 Å². The fourth-order valence-electron chi connectivity index (χ4n) is 3.75. The van der Waals surface area contributed by atoms with Gasteiger partial charge in [0.25, 0.3) is 15.9 Å². The van der Waals surface area contributed by atoms with E-state index in [0.29, 0.717) is 18.0 Å². The van der Waals surface area contributed by atoms with Crippen LogP contribution in [-0.4, -0.2) is 20.4 Å². The largest absolute Gasteiger partial charge is 0.383 e. The smallest absolute Gasteiger partial charge is 0.264 e. The molecule has 3 rings (SSSR count). The lowest BCUT2D eigenvalue weighted by Gasteiger charge is -2.14. The van der Waals surface area contributed by atoms with Gasteiger partial charge in [-0.15, -0.1) is 12.4 Å². The van der Waals surface area contributed by atoms with Crippen LogP contribution in [0.5, 0.6) is 0 Å². The normalized spacial score (nSPS) is 11.7. The number of carbonyl (C=O) groups is 1. The molecular weight excluding hydrogens is 480 g/mol. The third kappa shape index (κ3) is 7.20. The zero-order valence-electron chi connectivity index (χ0n) is 20.8. The highest BCUT2D eigenvalue weighted by Gasteiger charge is 2.19. The van der Waals surface area contributed by atoms with Gasteiger partial charge in [0, 0.05) is 17.3 Å². The van der Waals surface area contributed by atoms with Crippen molar-refractivity contribution in [2.45, 2.75) is 52.0 Å².